The van der Waals surface area contributed by atoms with Gasteiger partial charge >= 0.3 is 5.97 Å². The predicted octanol–water partition coefficient (Wildman–Crippen LogP) is 1.80. The summed E-state index contributed by atoms with van der Waals surface area (Å²) in [7, 11) is 0. The fourth-order valence-corrected chi connectivity index (χ4v) is 0.968. The Labute approximate surface area is 62.7 Å². The number of aliphatic carboxylic acids is 1. The normalized spacial score (nSPS) is 11.6. The van der Waals surface area contributed by atoms with Gasteiger partial charge in [0.05, 0.1) is 0 Å². The van der Waals surface area contributed by atoms with Crippen LogP contribution >= 0.6 is 15.9 Å². The smallest absolute Gasteiger partial charge is 0.328 e. The van der Waals surface area contributed by atoms with Crippen LogP contribution < -0.4 is 0 Å². The van der Waals surface area contributed by atoms with E-state index in [9.17, 15) is 4.79 Å². The first-order valence-electron chi connectivity index (χ1n) is 2.69. The molecule has 0 saturated heterocycles. The summed E-state index contributed by atoms with van der Waals surface area (Å²) in [6.07, 6.45) is 2.02. The third-order valence-electron chi connectivity index (χ3n) is 0.953. The van der Waals surface area contributed by atoms with Gasteiger partial charge < -0.3 is 5.11 Å². The zero-order valence-electron chi connectivity index (χ0n) is 5.22. The number of hydrogen-bond acceptors (Lipinski definition) is 1. The van der Waals surface area contributed by atoms with Crippen LogP contribution in [0.25, 0.3) is 0 Å². The minimum atomic E-state index is -0.869. The summed E-state index contributed by atoms with van der Waals surface area (Å²) in [6.45, 7) is 1.93. The highest BCUT2D eigenvalue weighted by Gasteiger charge is 1.93. The molecule has 3 heteroatoms. The first-order valence-corrected chi connectivity index (χ1v) is 3.81. The van der Waals surface area contributed by atoms with E-state index in [4.69, 9.17) is 5.11 Å². The van der Waals surface area contributed by atoms with Crippen molar-refractivity contribution in [3.05, 3.63) is 11.6 Å². The molecule has 0 radical (unpaired) electrons. The van der Waals surface area contributed by atoms with E-state index in [2.05, 4.69) is 15.9 Å². The molecule has 0 heterocycles. The Balaban J connectivity index is 3.91. The Morgan fingerprint density at radius 3 is 2.44 bits per heavy atom. The Kier molecular flexibility index (Phi) is 4.40. The molecule has 0 amide bonds. The molecule has 0 aliphatic heterocycles. The van der Waals surface area contributed by atoms with Crippen LogP contribution in [0.3, 0.4) is 0 Å². The highest BCUT2D eigenvalue weighted by Crippen LogP contribution is 2.03. The summed E-state index contributed by atoms with van der Waals surface area (Å²) in [6, 6.07) is 0. The van der Waals surface area contributed by atoms with Gasteiger partial charge in [0.2, 0.25) is 0 Å². The Morgan fingerprint density at radius 1 is 1.78 bits per heavy atom. The van der Waals surface area contributed by atoms with Crippen molar-refractivity contribution >= 4 is 21.9 Å². The van der Waals surface area contributed by atoms with Gasteiger partial charge in [0.1, 0.15) is 0 Å². The Bertz CT molecular complexity index is 123. The zero-order valence-corrected chi connectivity index (χ0v) is 6.81. The third-order valence-corrected chi connectivity index (χ3v) is 1.67. The number of carboxylic acids is 1. The van der Waals surface area contributed by atoms with Gasteiger partial charge in [0, 0.05) is 11.4 Å². The lowest BCUT2D eigenvalue weighted by atomic mass is 10.2. The van der Waals surface area contributed by atoms with Crippen LogP contribution in [0.15, 0.2) is 11.6 Å². The van der Waals surface area contributed by atoms with E-state index >= 15 is 0 Å². The molecule has 0 rings (SSSR count). The second-order valence-electron chi connectivity index (χ2n) is 1.63. The predicted molar refractivity (Wildman–Crippen MR) is 39.8 cm³/mol. The molecule has 2 nitrogen and oxygen atoms in total. The topological polar surface area (TPSA) is 37.3 Å². The van der Waals surface area contributed by atoms with Gasteiger partial charge in [-0.3, -0.25) is 0 Å². The second kappa shape index (κ2) is 4.56. The van der Waals surface area contributed by atoms with Gasteiger partial charge in [-0.25, -0.2) is 4.79 Å². The quantitative estimate of drug-likeness (QED) is 0.548. The summed E-state index contributed by atoms with van der Waals surface area (Å²) < 4.78 is 0. The molecule has 0 fully saturated rings. The van der Waals surface area contributed by atoms with Crippen molar-refractivity contribution in [2.45, 2.75) is 13.3 Å². The lowest BCUT2D eigenvalue weighted by Gasteiger charge is -1.93. The molecule has 0 aliphatic rings. The maximum Gasteiger partial charge on any atom is 0.328 e. The fraction of sp³-hybridized carbons (Fsp3) is 0.500. The van der Waals surface area contributed by atoms with Crippen molar-refractivity contribution in [1.29, 1.82) is 0 Å². The number of allylic oxidation sites excluding steroid dienone is 1. The summed E-state index contributed by atoms with van der Waals surface area (Å²) in [5, 5.41) is 8.90. The number of carboxylic acid groups (broad SMARTS) is 1. The number of halogens is 1. The molecule has 0 unspecified atom stereocenters. The number of carbonyl (C=O) groups is 1. The van der Waals surface area contributed by atoms with Crippen LogP contribution in [0, 0.1) is 0 Å². The van der Waals surface area contributed by atoms with Crippen molar-refractivity contribution in [2.24, 2.45) is 0 Å². The molecule has 0 atom stereocenters. The van der Waals surface area contributed by atoms with Crippen molar-refractivity contribution in [3.8, 4) is 0 Å². The third kappa shape index (κ3) is 4.21. The highest BCUT2D eigenvalue weighted by molar-refractivity contribution is 9.09. The van der Waals surface area contributed by atoms with E-state index in [1.165, 1.54) is 6.08 Å². The number of alkyl halides is 1. The van der Waals surface area contributed by atoms with Crippen LogP contribution in [-0.2, 0) is 4.79 Å². The van der Waals surface area contributed by atoms with Crippen molar-refractivity contribution in [2.75, 3.05) is 5.33 Å². The van der Waals surface area contributed by atoms with Gasteiger partial charge in [-0.15, -0.1) is 0 Å². The molecule has 9 heavy (non-hydrogen) atoms. The first-order chi connectivity index (χ1) is 4.20. The minimum absolute atomic E-state index is 0.649. The van der Waals surface area contributed by atoms with Gasteiger partial charge in [-0.1, -0.05) is 28.4 Å². The SMILES string of the molecule is CCC(=CC(=O)O)CBr. The standard InChI is InChI=1S/C6H9BrO2/c1-2-5(4-7)3-6(8)9/h3H,2,4H2,1H3,(H,8,9). The average Bonchev–Trinajstić information content (AvgIpc) is 1.82. The van der Waals surface area contributed by atoms with Gasteiger partial charge in [-0.2, -0.15) is 0 Å². The highest BCUT2D eigenvalue weighted by atomic mass is 79.9. The van der Waals surface area contributed by atoms with Crippen LogP contribution in [0.1, 0.15) is 13.3 Å². The first kappa shape index (κ1) is 8.69. The van der Waals surface area contributed by atoms with E-state index < -0.39 is 5.97 Å². The molecule has 0 bridgehead atoms. The molecule has 0 spiro atoms. The lowest BCUT2D eigenvalue weighted by Crippen LogP contribution is -1.91. The molecular weight excluding hydrogens is 184 g/mol. The summed E-state index contributed by atoms with van der Waals surface area (Å²) in [5.41, 5.74) is 0.905. The zero-order chi connectivity index (χ0) is 7.28. The summed E-state index contributed by atoms with van der Waals surface area (Å²) in [4.78, 5) is 10.0. The molecule has 0 aliphatic carbocycles. The van der Waals surface area contributed by atoms with E-state index in [-0.39, 0.29) is 0 Å². The number of hydrogen-bond donors (Lipinski definition) is 1. The van der Waals surface area contributed by atoms with Crippen LogP contribution in [0.2, 0.25) is 0 Å². The van der Waals surface area contributed by atoms with Gasteiger partial charge in [0.15, 0.2) is 0 Å². The molecule has 52 valence electrons. The van der Waals surface area contributed by atoms with Crippen LogP contribution in [0.5, 0.6) is 0 Å². The van der Waals surface area contributed by atoms with E-state index in [0.717, 1.165) is 12.0 Å². The van der Waals surface area contributed by atoms with Crippen LogP contribution in [-0.4, -0.2) is 16.4 Å². The molecule has 0 saturated carbocycles. The Morgan fingerprint density at radius 2 is 2.33 bits per heavy atom. The average molecular weight is 193 g/mol. The molecule has 0 aromatic carbocycles. The molecule has 0 aromatic heterocycles. The summed E-state index contributed by atoms with van der Waals surface area (Å²) in [5.74, 6) is -0.869. The van der Waals surface area contributed by atoms with Crippen molar-refractivity contribution in [1.82, 2.24) is 0 Å². The minimum Gasteiger partial charge on any atom is -0.478 e. The lowest BCUT2D eigenvalue weighted by molar-refractivity contribution is -0.131. The Hall–Kier alpha value is -0.310. The maximum absolute atomic E-state index is 10.0. The monoisotopic (exact) mass is 192 g/mol. The second-order valence-corrected chi connectivity index (χ2v) is 2.19. The van der Waals surface area contributed by atoms with Crippen molar-refractivity contribution in [3.63, 3.8) is 0 Å². The van der Waals surface area contributed by atoms with Crippen LogP contribution in [0.4, 0.5) is 0 Å². The van der Waals surface area contributed by atoms with E-state index in [1.54, 1.807) is 0 Å². The van der Waals surface area contributed by atoms with E-state index in [0.29, 0.717) is 5.33 Å². The van der Waals surface area contributed by atoms with E-state index in [1.807, 2.05) is 6.92 Å². The number of rotatable bonds is 3. The largest absolute Gasteiger partial charge is 0.478 e. The molecule has 0 aromatic rings. The molecular formula is C6H9BrO2. The maximum atomic E-state index is 10.0. The molecule has 1 N–H and O–H groups in total. The summed E-state index contributed by atoms with van der Waals surface area (Å²) >= 11 is 3.17. The fourth-order valence-electron chi connectivity index (χ4n) is 0.410. The van der Waals surface area contributed by atoms with Gasteiger partial charge in [0.25, 0.3) is 0 Å². The van der Waals surface area contributed by atoms with Gasteiger partial charge in [-0.05, 0) is 6.42 Å². The van der Waals surface area contributed by atoms with Crippen molar-refractivity contribution < 1.29 is 9.90 Å².